The van der Waals surface area contributed by atoms with Gasteiger partial charge >= 0.3 is 0 Å². The van der Waals surface area contributed by atoms with Gasteiger partial charge in [-0.3, -0.25) is 4.90 Å². The number of piperidine rings is 1. The van der Waals surface area contributed by atoms with Crippen LogP contribution in [-0.4, -0.2) is 35.6 Å². The molecule has 1 aromatic heterocycles. The predicted octanol–water partition coefficient (Wildman–Crippen LogP) is 3.96. The molecule has 0 radical (unpaired) electrons. The maximum Gasteiger partial charge on any atom is 0.226 e. The van der Waals surface area contributed by atoms with Gasteiger partial charge in [-0.2, -0.15) is 0 Å². The van der Waals surface area contributed by atoms with E-state index in [0.717, 1.165) is 47.9 Å². The molecule has 0 saturated carbocycles. The van der Waals surface area contributed by atoms with Crippen LogP contribution in [0.5, 0.6) is 0 Å². The SMILES string of the molecule is Clc1ccc(-c2nc(CN3CCC(C4CCCN4)CC3)co2)cc1. The van der Waals surface area contributed by atoms with E-state index in [1.54, 1.807) is 6.26 Å². The zero-order chi connectivity index (χ0) is 16.4. The minimum absolute atomic E-state index is 0.673. The lowest BCUT2D eigenvalue weighted by atomic mass is 9.88. The van der Waals surface area contributed by atoms with Crippen LogP contribution < -0.4 is 5.32 Å². The minimum atomic E-state index is 0.673. The Balaban J connectivity index is 1.32. The summed E-state index contributed by atoms with van der Waals surface area (Å²) in [6.45, 7) is 4.40. The summed E-state index contributed by atoms with van der Waals surface area (Å²) in [6, 6.07) is 8.37. The first-order valence-corrected chi connectivity index (χ1v) is 9.32. The molecule has 1 atom stereocenters. The fourth-order valence-electron chi connectivity index (χ4n) is 3.96. The normalized spacial score (nSPS) is 23.0. The molecule has 4 nitrogen and oxygen atoms in total. The van der Waals surface area contributed by atoms with E-state index in [1.165, 1.54) is 32.2 Å². The smallest absolute Gasteiger partial charge is 0.226 e. The van der Waals surface area contributed by atoms with Crippen molar-refractivity contribution in [3.05, 3.63) is 41.2 Å². The first kappa shape index (κ1) is 16.1. The fourth-order valence-corrected chi connectivity index (χ4v) is 4.09. The number of hydrogen-bond acceptors (Lipinski definition) is 4. The highest BCUT2D eigenvalue weighted by molar-refractivity contribution is 6.30. The number of nitrogens with one attached hydrogen (secondary N) is 1. The van der Waals surface area contributed by atoms with Crippen LogP contribution in [-0.2, 0) is 6.54 Å². The predicted molar refractivity (Wildman–Crippen MR) is 96.0 cm³/mol. The molecule has 0 aliphatic carbocycles. The van der Waals surface area contributed by atoms with Gasteiger partial charge in [-0.05, 0) is 75.5 Å². The topological polar surface area (TPSA) is 41.3 Å². The molecule has 2 fully saturated rings. The Hall–Kier alpha value is -1.36. The van der Waals surface area contributed by atoms with Crippen LogP contribution in [0.25, 0.3) is 11.5 Å². The van der Waals surface area contributed by atoms with Crippen molar-refractivity contribution in [1.82, 2.24) is 15.2 Å². The molecule has 4 rings (SSSR count). The van der Waals surface area contributed by atoms with Crippen molar-refractivity contribution < 1.29 is 4.42 Å². The fraction of sp³-hybridized carbons (Fsp3) is 0.526. The van der Waals surface area contributed by atoms with Gasteiger partial charge in [0.15, 0.2) is 0 Å². The molecule has 2 aliphatic rings. The summed E-state index contributed by atoms with van der Waals surface area (Å²) >= 11 is 5.93. The highest BCUT2D eigenvalue weighted by atomic mass is 35.5. The van der Waals surface area contributed by atoms with E-state index < -0.39 is 0 Å². The molecule has 128 valence electrons. The first-order valence-electron chi connectivity index (χ1n) is 8.94. The van der Waals surface area contributed by atoms with Gasteiger partial charge in [-0.1, -0.05) is 11.6 Å². The molecule has 1 N–H and O–H groups in total. The maximum absolute atomic E-state index is 5.93. The average molecular weight is 346 g/mol. The van der Waals surface area contributed by atoms with Gasteiger partial charge in [-0.15, -0.1) is 0 Å². The summed E-state index contributed by atoms with van der Waals surface area (Å²) in [4.78, 5) is 7.13. The molecule has 0 amide bonds. The Labute approximate surface area is 148 Å². The van der Waals surface area contributed by atoms with Gasteiger partial charge in [0.2, 0.25) is 5.89 Å². The van der Waals surface area contributed by atoms with Crippen molar-refractivity contribution in [3.63, 3.8) is 0 Å². The summed E-state index contributed by atoms with van der Waals surface area (Å²) in [5.74, 6) is 1.53. The number of rotatable bonds is 4. The van der Waals surface area contributed by atoms with Gasteiger partial charge in [0.1, 0.15) is 6.26 Å². The van der Waals surface area contributed by atoms with Gasteiger partial charge < -0.3 is 9.73 Å². The molecule has 2 saturated heterocycles. The summed E-state index contributed by atoms with van der Waals surface area (Å²) < 4.78 is 5.64. The van der Waals surface area contributed by atoms with Crippen molar-refractivity contribution in [2.45, 2.75) is 38.3 Å². The van der Waals surface area contributed by atoms with Crippen LogP contribution in [0, 0.1) is 5.92 Å². The van der Waals surface area contributed by atoms with E-state index in [0.29, 0.717) is 5.89 Å². The number of benzene rings is 1. The quantitative estimate of drug-likeness (QED) is 0.910. The molecular weight excluding hydrogens is 322 g/mol. The van der Waals surface area contributed by atoms with Crippen molar-refractivity contribution >= 4 is 11.6 Å². The highest BCUT2D eigenvalue weighted by Gasteiger charge is 2.28. The van der Waals surface area contributed by atoms with E-state index in [2.05, 4.69) is 15.2 Å². The molecule has 24 heavy (non-hydrogen) atoms. The van der Waals surface area contributed by atoms with Crippen LogP contribution in [0.4, 0.5) is 0 Å². The number of halogens is 1. The van der Waals surface area contributed by atoms with E-state index in [9.17, 15) is 0 Å². The standard InChI is InChI=1S/C19H24ClN3O/c20-16-5-3-15(4-6-16)19-22-17(13-24-19)12-23-10-7-14(8-11-23)18-2-1-9-21-18/h3-6,13-14,18,21H,1-2,7-12H2. The first-order chi connectivity index (χ1) is 11.8. The second-order valence-corrected chi connectivity index (χ2v) is 7.40. The van der Waals surface area contributed by atoms with Gasteiger partial charge in [0.25, 0.3) is 0 Å². The number of nitrogens with zero attached hydrogens (tertiary/aromatic N) is 2. The largest absolute Gasteiger partial charge is 0.444 e. The van der Waals surface area contributed by atoms with Crippen LogP contribution in [0.1, 0.15) is 31.4 Å². The second kappa shape index (κ2) is 7.26. The highest BCUT2D eigenvalue weighted by Crippen LogP contribution is 2.27. The van der Waals surface area contributed by atoms with Crippen molar-refractivity contribution in [1.29, 1.82) is 0 Å². The number of aromatic nitrogens is 1. The Morgan fingerprint density at radius 1 is 1.17 bits per heavy atom. The minimum Gasteiger partial charge on any atom is -0.444 e. The molecule has 5 heteroatoms. The van der Waals surface area contributed by atoms with Crippen molar-refractivity contribution in [3.8, 4) is 11.5 Å². The third kappa shape index (κ3) is 3.66. The lowest BCUT2D eigenvalue weighted by molar-refractivity contribution is 0.156. The number of oxazole rings is 1. The van der Waals surface area contributed by atoms with Crippen LogP contribution >= 0.6 is 11.6 Å². The van der Waals surface area contributed by atoms with Gasteiger partial charge in [0.05, 0.1) is 5.69 Å². The molecular formula is C19H24ClN3O. The lowest BCUT2D eigenvalue weighted by Gasteiger charge is -2.34. The number of likely N-dealkylation sites (tertiary alicyclic amines) is 1. The average Bonchev–Trinajstić information content (AvgIpc) is 3.28. The zero-order valence-electron chi connectivity index (χ0n) is 13.9. The van der Waals surface area contributed by atoms with E-state index in [-0.39, 0.29) is 0 Å². The zero-order valence-corrected chi connectivity index (χ0v) is 14.6. The van der Waals surface area contributed by atoms with Gasteiger partial charge in [0, 0.05) is 23.2 Å². The second-order valence-electron chi connectivity index (χ2n) is 6.97. The molecule has 0 bridgehead atoms. The van der Waals surface area contributed by atoms with E-state index in [1.807, 2.05) is 24.3 Å². The Morgan fingerprint density at radius 2 is 1.96 bits per heavy atom. The Kier molecular flexibility index (Phi) is 4.88. The summed E-state index contributed by atoms with van der Waals surface area (Å²) in [7, 11) is 0. The van der Waals surface area contributed by atoms with Gasteiger partial charge in [-0.25, -0.2) is 4.98 Å². The molecule has 2 aromatic rings. The lowest BCUT2D eigenvalue weighted by Crippen LogP contribution is -2.40. The van der Waals surface area contributed by atoms with E-state index in [4.69, 9.17) is 16.0 Å². The van der Waals surface area contributed by atoms with Crippen LogP contribution in [0.2, 0.25) is 5.02 Å². The van der Waals surface area contributed by atoms with Crippen molar-refractivity contribution in [2.24, 2.45) is 5.92 Å². The molecule has 2 aliphatic heterocycles. The monoisotopic (exact) mass is 345 g/mol. The number of hydrogen-bond donors (Lipinski definition) is 1. The molecule has 1 unspecified atom stereocenters. The third-order valence-electron chi connectivity index (χ3n) is 5.33. The summed E-state index contributed by atoms with van der Waals surface area (Å²) in [5, 5.41) is 4.39. The maximum atomic E-state index is 5.93. The van der Waals surface area contributed by atoms with Crippen LogP contribution in [0.15, 0.2) is 34.9 Å². The summed E-state index contributed by atoms with van der Waals surface area (Å²) in [6.07, 6.45) is 7.07. The molecule has 3 heterocycles. The van der Waals surface area contributed by atoms with E-state index >= 15 is 0 Å². The summed E-state index contributed by atoms with van der Waals surface area (Å²) in [5.41, 5.74) is 1.98. The molecule has 1 aromatic carbocycles. The van der Waals surface area contributed by atoms with Crippen LogP contribution in [0.3, 0.4) is 0 Å². The van der Waals surface area contributed by atoms with Crippen molar-refractivity contribution in [2.75, 3.05) is 19.6 Å². The third-order valence-corrected chi connectivity index (χ3v) is 5.58. The molecule has 0 spiro atoms. The Morgan fingerprint density at radius 3 is 2.67 bits per heavy atom. The Bertz CT molecular complexity index is 656.